The highest BCUT2D eigenvalue weighted by molar-refractivity contribution is 7.14. The van der Waals surface area contributed by atoms with Crippen molar-refractivity contribution in [2.45, 2.75) is 52.7 Å². The average molecular weight is 333 g/mol. The number of aryl methyl sites for hydroxylation is 1. The second-order valence-electron chi connectivity index (χ2n) is 5.97. The number of nitrogens with zero attached hydrogens (tertiary/aromatic N) is 2. The summed E-state index contributed by atoms with van der Waals surface area (Å²) in [5.41, 5.74) is 4.54. The number of hydrogen-bond acceptors (Lipinski definition) is 4. The quantitative estimate of drug-likeness (QED) is 0.906. The Morgan fingerprint density at radius 3 is 3.04 bits per heavy atom. The number of rotatable bonds is 5. The van der Waals surface area contributed by atoms with Crippen molar-refractivity contribution in [3.05, 3.63) is 22.8 Å². The Morgan fingerprint density at radius 1 is 1.52 bits per heavy atom. The van der Waals surface area contributed by atoms with E-state index >= 15 is 0 Å². The molecule has 5 nitrogen and oxygen atoms in total. The molecular weight excluding hydrogens is 310 g/mol. The van der Waals surface area contributed by atoms with Crippen LogP contribution in [-0.2, 0) is 16.1 Å². The minimum atomic E-state index is -0.322. The molecule has 1 aliphatic rings. The van der Waals surface area contributed by atoms with Crippen molar-refractivity contribution >= 4 is 22.4 Å². The summed E-state index contributed by atoms with van der Waals surface area (Å²) < 4.78 is 7.72. The van der Waals surface area contributed by atoms with Crippen molar-refractivity contribution in [2.75, 3.05) is 11.9 Å². The number of aromatic nitrogens is 2. The molecule has 0 radical (unpaired) electrons. The number of amides is 1. The molecule has 1 saturated heterocycles. The molecule has 23 heavy (non-hydrogen) atoms. The van der Waals surface area contributed by atoms with E-state index in [1.807, 2.05) is 5.38 Å². The molecular formula is C17H23N3O2S. The van der Waals surface area contributed by atoms with E-state index in [4.69, 9.17) is 4.74 Å². The van der Waals surface area contributed by atoms with Gasteiger partial charge < -0.3 is 9.30 Å². The zero-order valence-corrected chi connectivity index (χ0v) is 14.7. The van der Waals surface area contributed by atoms with E-state index in [0.29, 0.717) is 11.7 Å². The Balaban J connectivity index is 1.76. The first kappa shape index (κ1) is 16.2. The third kappa shape index (κ3) is 3.33. The molecule has 3 heterocycles. The van der Waals surface area contributed by atoms with Gasteiger partial charge in [-0.2, -0.15) is 0 Å². The summed E-state index contributed by atoms with van der Waals surface area (Å²) >= 11 is 1.46. The fourth-order valence-electron chi connectivity index (χ4n) is 3.05. The van der Waals surface area contributed by atoms with Gasteiger partial charge in [-0.05, 0) is 39.2 Å². The van der Waals surface area contributed by atoms with E-state index < -0.39 is 0 Å². The van der Waals surface area contributed by atoms with E-state index in [1.165, 1.54) is 22.7 Å². The number of hydrogen-bond donors (Lipinski definition) is 1. The molecule has 0 unspecified atom stereocenters. The molecule has 0 spiro atoms. The van der Waals surface area contributed by atoms with Gasteiger partial charge in [-0.15, -0.1) is 11.3 Å². The maximum absolute atomic E-state index is 12.1. The van der Waals surface area contributed by atoms with Crippen molar-refractivity contribution in [3.8, 4) is 11.3 Å². The summed E-state index contributed by atoms with van der Waals surface area (Å²) in [6.45, 7) is 8.12. The maximum atomic E-state index is 12.1. The van der Waals surface area contributed by atoms with Gasteiger partial charge in [0, 0.05) is 35.5 Å². The van der Waals surface area contributed by atoms with Crippen LogP contribution in [0.15, 0.2) is 11.4 Å². The molecule has 124 valence electrons. The normalized spacial score (nSPS) is 17.6. The van der Waals surface area contributed by atoms with Crippen LogP contribution < -0.4 is 5.32 Å². The first-order valence-corrected chi connectivity index (χ1v) is 9.03. The van der Waals surface area contributed by atoms with Crippen LogP contribution in [0.25, 0.3) is 11.3 Å². The molecule has 2 aromatic heterocycles. The minimum Gasteiger partial charge on any atom is -0.368 e. The first-order valence-electron chi connectivity index (χ1n) is 8.15. The summed E-state index contributed by atoms with van der Waals surface area (Å²) in [5.74, 6) is -0.0835. The van der Waals surface area contributed by atoms with E-state index in [0.717, 1.165) is 37.1 Å². The molecule has 1 aliphatic heterocycles. The van der Waals surface area contributed by atoms with Crippen LogP contribution in [0, 0.1) is 13.8 Å². The second-order valence-corrected chi connectivity index (χ2v) is 6.82. The summed E-state index contributed by atoms with van der Waals surface area (Å²) in [6.07, 6.45) is 2.53. The van der Waals surface area contributed by atoms with Crippen LogP contribution in [0.5, 0.6) is 0 Å². The van der Waals surface area contributed by atoms with Gasteiger partial charge in [0.2, 0.25) is 0 Å². The summed E-state index contributed by atoms with van der Waals surface area (Å²) in [7, 11) is 0. The maximum Gasteiger partial charge on any atom is 0.255 e. The Hall–Kier alpha value is -1.66. The summed E-state index contributed by atoms with van der Waals surface area (Å²) in [6, 6.07) is 2.17. The molecule has 0 bridgehead atoms. The fourth-order valence-corrected chi connectivity index (χ4v) is 3.77. The third-order valence-corrected chi connectivity index (χ3v) is 5.01. The van der Waals surface area contributed by atoms with Crippen molar-refractivity contribution in [2.24, 2.45) is 0 Å². The average Bonchev–Trinajstić information content (AvgIpc) is 3.24. The highest BCUT2D eigenvalue weighted by atomic mass is 32.1. The van der Waals surface area contributed by atoms with Crippen molar-refractivity contribution in [1.29, 1.82) is 0 Å². The number of nitrogens with one attached hydrogen (secondary N) is 1. The zero-order chi connectivity index (χ0) is 16.4. The summed E-state index contributed by atoms with van der Waals surface area (Å²) in [4.78, 5) is 16.7. The van der Waals surface area contributed by atoms with E-state index in [9.17, 15) is 4.79 Å². The lowest BCUT2D eigenvalue weighted by molar-refractivity contribution is -0.124. The molecule has 1 amide bonds. The standard InChI is InChI=1S/C17H23N3O2S/c1-4-7-20-11(2)9-13(12(20)3)14-10-23-17(18-14)19-16(21)15-6-5-8-22-15/h9-10,15H,4-8H2,1-3H3,(H,18,19,21)/t15-/m1/s1. The lowest BCUT2D eigenvalue weighted by atomic mass is 10.2. The highest BCUT2D eigenvalue weighted by Crippen LogP contribution is 2.30. The van der Waals surface area contributed by atoms with Crippen LogP contribution in [0.3, 0.4) is 0 Å². The van der Waals surface area contributed by atoms with Crippen molar-refractivity contribution in [3.63, 3.8) is 0 Å². The Morgan fingerprint density at radius 2 is 2.35 bits per heavy atom. The second kappa shape index (κ2) is 6.84. The minimum absolute atomic E-state index is 0.0835. The van der Waals surface area contributed by atoms with E-state index in [1.54, 1.807) is 0 Å². The third-order valence-electron chi connectivity index (χ3n) is 4.25. The predicted octanol–water partition coefficient (Wildman–Crippen LogP) is 3.76. The van der Waals surface area contributed by atoms with Crippen LogP contribution >= 0.6 is 11.3 Å². The van der Waals surface area contributed by atoms with Crippen LogP contribution in [0.2, 0.25) is 0 Å². The molecule has 0 aliphatic carbocycles. The van der Waals surface area contributed by atoms with Gasteiger partial charge in [-0.3, -0.25) is 10.1 Å². The van der Waals surface area contributed by atoms with Gasteiger partial charge in [-0.25, -0.2) is 4.98 Å². The summed E-state index contributed by atoms with van der Waals surface area (Å²) in [5, 5.41) is 5.52. The fraction of sp³-hybridized carbons (Fsp3) is 0.529. The molecule has 2 aromatic rings. The lowest BCUT2D eigenvalue weighted by Crippen LogP contribution is -2.26. The number of anilines is 1. The zero-order valence-electron chi connectivity index (χ0n) is 13.9. The van der Waals surface area contributed by atoms with Gasteiger partial charge in [0.05, 0.1) is 5.69 Å². The van der Waals surface area contributed by atoms with E-state index in [2.05, 4.69) is 41.7 Å². The lowest BCUT2D eigenvalue weighted by Gasteiger charge is -2.08. The number of ether oxygens (including phenoxy) is 1. The Labute approximate surface area is 140 Å². The molecule has 6 heteroatoms. The number of carbonyl (C=O) groups is 1. The Bertz CT molecular complexity index is 699. The van der Waals surface area contributed by atoms with Crippen LogP contribution in [0.1, 0.15) is 37.6 Å². The van der Waals surface area contributed by atoms with Gasteiger partial charge in [0.25, 0.3) is 5.91 Å². The van der Waals surface area contributed by atoms with E-state index in [-0.39, 0.29) is 12.0 Å². The molecule has 1 N–H and O–H groups in total. The van der Waals surface area contributed by atoms with Crippen molar-refractivity contribution in [1.82, 2.24) is 9.55 Å². The van der Waals surface area contributed by atoms with Gasteiger partial charge in [0.15, 0.2) is 5.13 Å². The SMILES string of the molecule is CCCn1c(C)cc(-c2csc(NC(=O)[C@H]3CCCO3)n2)c1C. The van der Waals surface area contributed by atoms with Crippen LogP contribution in [0.4, 0.5) is 5.13 Å². The molecule has 0 saturated carbocycles. The smallest absolute Gasteiger partial charge is 0.255 e. The molecule has 3 rings (SSSR count). The first-order chi connectivity index (χ1) is 11.1. The largest absolute Gasteiger partial charge is 0.368 e. The number of carbonyl (C=O) groups excluding carboxylic acids is 1. The molecule has 1 fully saturated rings. The van der Waals surface area contributed by atoms with Gasteiger partial charge >= 0.3 is 0 Å². The molecule has 1 atom stereocenters. The van der Waals surface area contributed by atoms with Gasteiger partial charge in [0.1, 0.15) is 6.10 Å². The monoisotopic (exact) mass is 333 g/mol. The highest BCUT2D eigenvalue weighted by Gasteiger charge is 2.24. The number of thiazole rings is 1. The van der Waals surface area contributed by atoms with Crippen LogP contribution in [-0.4, -0.2) is 28.2 Å². The molecule has 0 aromatic carbocycles. The van der Waals surface area contributed by atoms with Crippen molar-refractivity contribution < 1.29 is 9.53 Å². The topological polar surface area (TPSA) is 56.2 Å². The predicted molar refractivity (Wildman–Crippen MR) is 92.9 cm³/mol. The Kier molecular flexibility index (Phi) is 4.82. The van der Waals surface area contributed by atoms with Gasteiger partial charge in [-0.1, -0.05) is 6.92 Å².